The molecule has 1 aliphatic heterocycles. The van der Waals surface area contributed by atoms with Crippen molar-refractivity contribution in [2.75, 3.05) is 18.0 Å². The van der Waals surface area contributed by atoms with Crippen LogP contribution < -0.4 is 4.90 Å². The Labute approximate surface area is 96.7 Å². The Balaban J connectivity index is 2.14. The largest absolute Gasteiger partial charge is 0.356 e. The van der Waals surface area contributed by atoms with E-state index in [0.29, 0.717) is 6.42 Å². The fraction of sp³-hybridized carbons (Fsp3) is 0.538. The molecule has 0 aliphatic carbocycles. The molecule has 1 fully saturated rings. The van der Waals surface area contributed by atoms with Crippen LogP contribution in [0, 0.1) is 11.3 Å². The first-order valence-corrected chi connectivity index (χ1v) is 5.97. The lowest BCUT2D eigenvalue weighted by Crippen LogP contribution is -2.31. The maximum atomic E-state index is 8.64. The number of hydrogen-bond donors (Lipinski definition) is 0. The zero-order valence-electron chi connectivity index (χ0n) is 9.52. The van der Waals surface area contributed by atoms with Crippen LogP contribution in [0.4, 0.5) is 5.82 Å². The molecule has 0 bridgehead atoms. The topological polar surface area (TPSA) is 39.9 Å². The number of nitriles is 1. The van der Waals surface area contributed by atoms with Crippen LogP contribution in [0.3, 0.4) is 0 Å². The van der Waals surface area contributed by atoms with Crippen molar-refractivity contribution in [3.63, 3.8) is 0 Å². The van der Waals surface area contributed by atoms with Gasteiger partial charge in [0.2, 0.25) is 0 Å². The zero-order valence-corrected chi connectivity index (χ0v) is 9.52. The summed E-state index contributed by atoms with van der Waals surface area (Å²) in [6.45, 7) is 2.22. The zero-order chi connectivity index (χ0) is 11.2. The van der Waals surface area contributed by atoms with Gasteiger partial charge in [0.15, 0.2) is 0 Å². The number of hydrogen-bond acceptors (Lipinski definition) is 3. The lowest BCUT2D eigenvalue weighted by atomic mass is 10.1. The molecule has 1 aromatic heterocycles. The van der Waals surface area contributed by atoms with Gasteiger partial charge in [-0.15, -0.1) is 0 Å². The summed E-state index contributed by atoms with van der Waals surface area (Å²) in [7, 11) is 0. The van der Waals surface area contributed by atoms with Crippen LogP contribution in [0.25, 0.3) is 0 Å². The van der Waals surface area contributed by atoms with E-state index in [1.165, 1.54) is 24.8 Å². The Bertz CT molecular complexity index is 375. The van der Waals surface area contributed by atoms with E-state index in [1.54, 1.807) is 0 Å². The Hall–Kier alpha value is -1.56. The second-order valence-corrected chi connectivity index (χ2v) is 4.19. The first-order chi connectivity index (χ1) is 7.92. The van der Waals surface area contributed by atoms with Crippen molar-refractivity contribution >= 4 is 5.82 Å². The van der Waals surface area contributed by atoms with Crippen LogP contribution in [0.15, 0.2) is 18.3 Å². The minimum absolute atomic E-state index is 0.576. The van der Waals surface area contributed by atoms with Gasteiger partial charge in [0, 0.05) is 25.7 Å². The van der Waals surface area contributed by atoms with E-state index in [-0.39, 0.29) is 0 Å². The highest BCUT2D eigenvalue weighted by Crippen LogP contribution is 2.22. The van der Waals surface area contributed by atoms with Gasteiger partial charge in [-0.2, -0.15) is 5.26 Å². The van der Waals surface area contributed by atoms with E-state index in [0.717, 1.165) is 25.3 Å². The maximum Gasteiger partial charge on any atom is 0.131 e. The van der Waals surface area contributed by atoms with Gasteiger partial charge >= 0.3 is 0 Å². The molecule has 3 heteroatoms. The molecular weight excluding hydrogens is 198 g/mol. The molecule has 1 saturated heterocycles. The summed E-state index contributed by atoms with van der Waals surface area (Å²) in [5.41, 5.74) is 1.21. The van der Waals surface area contributed by atoms with Crippen LogP contribution in [0.2, 0.25) is 0 Å². The number of anilines is 1. The predicted octanol–water partition coefficient (Wildman–Crippen LogP) is 2.53. The Morgan fingerprint density at radius 1 is 1.31 bits per heavy atom. The summed E-state index contributed by atoms with van der Waals surface area (Å²) >= 11 is 0. The molecule has 0 unspecified atom stereocenters. The molecule has 0 saturated carbocycles. The minimum Gasteiger partial charge on any atom is -0.356 e. The van der Waals surface area contributed by atoms with Crippen molar-refractivity contribution in [1.82, 2.24) is 4.98 Å². The standard InChI is InChI=1S/C13H17N3/c14-8-4-6-12-7-5-9-15-13(12)16-10-2-1-3-11-16/h5,7,9H,1-4,6,10-11H2. The maximum absolute atomic E-state index is 8.64. The highest BCUT2D eigenvalue weighted by atomic mass is 15.2. The number of aromatic nitrogens is 1. The highest BCUT2D eigenvalue weighted by Gasteiger charge is 2.14. The molecule has 0 amide bonds. The van der Waals surface area contributed by atoms with Gasteiger partial charge in [-0.3, -0.25) is 0 Å². The number of aryl methyl sites for hydroxylation is 1. The van der Waals surface area contributed by atoms with Gasteiger partial charge in [0.1, 0.15) is 5.82 Å². The van der Waals surface area contributed by atoms with Crippen LogP contribution in [0.1, 0.15) is 31.2 Å². The van der Waals surface area contributed by atoms with Crippen LogP contribution in [0.5, 0.6) is 0 Å². The molecule has 2 rings (SSSR count). The van der Waals surface area contributed by atoms with Crippen molar-refractivity contribution < 1.29 is 0 Å². The highest BCUT2D eigenvalue weighted by molar-refractivity contribution is 5.47. The van der Waals surface area contributed by atoms with Crippen molar-refractivity contribution in [2.24, 2.45) is 0 Å². The third kappa shape index (κ3) is 2.52. The Kier molecular flexibility index (Phi) is 3.76. The number of pyridine rings is 1. The number of piperidine rings is 1. The Morgan fingerprint density at radius 3 is 2.88 bits per heavy atom. The molecule has 0 radical (unpaired) electrons. The first kappa shape index (κ1) is 10.9. The van der Waals surface area contributed by atoms with Crippen LogP contribution in [-0.2, 0) is 6.42 Å². The molecule has 2 heterocycles. The number of rotatable bonds is 3. The van der Waals surface area contributed by atoms with Crippen LogP contribution >= 0.6 is 0 Å². The molecule has 84 valence electrons. The molecule has 0 N–H and O–H groups in total. The summed E-state index contributed by atoms with van der Waals surface area (Å²) in [5.74, 6) is 1.09. The molecule has 1 aromatic rings. The summed E-state index contributed by atoms with van der Waals surface area (Å²) in [4.78, 5) is 6.83. The van der Waals surface area contributed by atoms with Crippen molar-refractivity contribution in [2.45, 2.75) is 32.1 Å². The van der Waals surface area contributed by atoms with Gasteiger partial charge in [-0.1, -0.05) is 6.07 Å². The molecular formula is C13H17N3. The van der Waals surface area contributed by atoms with E-state index in [4.69, 9.17) is 5.26 Å². The fourth-order valence-corrected chi connectivity index (χ4v) is 2.21. The average Bonchev–Trinajstić information content (AvgIpc) is 2.38. The molecule has 0 spiro atoms. The van der Waals surface area contributed by atoms with E-state index < -0.39 is 0 Å². The fourth-order valence-electron chi connectivity index (χ4n) is 2.21. The molecule has 0 aromatic carbocycles. The normalized spacial score (nSPS) is 15.8. The minimum atomic E-state index is 0.576. The van der Waals surface area contributed by atoms with E-state index in [1.807, 2.05) is 12.3 Å². The second kappa shape index (κ2) is 5.50. The molecule has 1 aliphatic rings. The van der Waals surface area contributed by atoms with Gasteiger partial charge in [0.05, 0.1) is 6.07 Å². The van der Waals surface area contributed by atoms with Gasteiger partial charge in [-0.05, 0) is 37.3 Å². The summed E-state index contributed by atoms with van der Waals surface area (Å²) in [6.07, 6.45) is 7.09. The van der Waals surface area contributed by atoms with Crippen molar-refractivity contribution in [3.8, 4) is 6.07 Å². The van der Waals surface area contributed by atoms with Crippen molar-refractivity contribution in [1.29, 1.82) is 5.26 Å². The summed E-state index contributed by atoms with van der Waals surface area (Å²) in [5, 5.41) is 8.64. The molecule has 0 atom stereocenters. The van der Waals surface area contributed by atoms with Crippen molar-refractivity contribution in [3.05, 3.63) is 23.9 Å². The third-order valence-corrected chi connectivity index (χ3v) is 3.03. The first-order valence-electron chi connectivity index (χ1n) is 5.97. The smallest absolute Gasteiger partial charge is 0.131 e. The quantitative estimate of drug-likeness (QED) is 0.777. The summed E-state index contributed by atoms with van der Waals surface area (Å²) < 4.78 is 0. The second-order valence-electron chi connectivity index (χ2n) is 4.19. The summed E-state index contributed by atoms with van der Waals surface area (Å²) in [6, 6.07) is 6.25. The Morgan fingerprint density at radius 2 is 2.12 bits per heavy atom. The van der Waals surface area contributed by atoms with Gasteiger partial charge in [-0.25, -0.2) is 4.98 Å². The van der Waals surface area contributed by atoms with E-state index in [9.17, 15) is 0 Å². The van der Waals surface area contributed by atoms with Gasteiger partial charge in [0.25, 0.3) is 0 Å². The molecule has 16 heavy (non-hydrogen) atoms. The SMILES string of the molecule is N#CCCc1cccnc1N1CCCCC1. The monoisotopic (exact) mass is 215 g/mol. The van der Waals surface area contributed by atoms with Gasteiger partial charge < -0.3 is 4.90 Å². The van der Waals surface area contributed by atoms with E-state index >= 15 is 0 Å². The predicted molar refractivity (Wildman–Crippen MR) is 64.2 cm³/mol. The lowest BCUT2D eigenvalue weighted by molar-refractivity contribution is 0.571. The van der Waals surface area contributed by atoms with Crippen LogP contribution in [-0.4, -0.2) is 18.1 Å². The third-order valence-electron chi connectivity index (χ3n) is 3.03. The average molecular weight is 215 g/mol. The number of nitrogens with zero attached hydrogens (tertiary/aromatic N) is 3. The molecule has 3 nitrogen and oxygen atoms in total. The van der Waals surface area contributed by atoms with E-state index in [2.05, 4.69) is 22.0 Å². The lowest BCUT2D eigenvalue weighted by Gasteiger charge is -2.29.